The number of aryl methyl sites for hydroxylation is 2. The van der Waals surface area contributed by atoms with E-state index < -0.39 is 0 Å². The Morgan fingerprint density at radius 2 is 1.44 bits per heavy atom. The average molecular weight is 547 g/mol. The van der Waals surface area contributed by atoms with E-state index in [-0.39, 0.29) is 17.4 Å². The van der Waals surface area contributed by atoms with Gasteiger partial charge < -0.3 is 19.8 Å². The van der Waals surface area contributed by atoms with Gasteiger partial charge in [0.15, 0.2) is 0 Å². The van der Waals surface area contributed by atoms with Crippen molar-refractivity contribution in [1.29, 1.82) is 0 Å². The topological polar surface area (TPSA) is 80.6 Å². The van der Waals surface area contributed by atoms with Crippen molar-refractivity contribution >= 4 is 22.8 Å². The van der Waals surface area contributed by atoms with Crippen LogP contribution in [0.4, 0.5) is 0 Å². The van der Waals surface area contributed by atoms with Crippen LogP contribution < -0.4 is 15.4 Å². The number of hydrogen-bond acceptors (Lipinski definition) is 4. The van der Waals surface area contributed by atoms with Gasteiger partial charge in [-0.1, -0.05) is 29.8 Å². The third kappa shape index (κ3) is 6.02. The highest BCUT2D eigenvalue weighted by molar-refractivity contribution is 6.12. The summed E-state index contributed by atoms with van der Waals surface area (Å²) in [5.41, 5.74) is 5.99. The van der Waals surface area contributed by atoms with Crippen LogP contribution in [0, 0.1) is 13.8 Å². The Bertz CT molecular complexity index is 1740. The Morgan fingerprint density at radius 3 is 2.07 bits per heavy atom. The molecule has 0 spiro atoms. The van der Waals surface area contributed by atoms with Crippen molar-refractivity contribution in [2.24, 2.45) is 0 Å². The van der Waals surface area contributed by atoms with Crippen molar-refractivity contribution in [3.63, 3.8) is 0 Å². The molecule has 4 aromatic carbocycles. The first-order chi connectivity index (χ1) is 19.5. The standard InChI is InChI=1S/C35H34N2O4/c1-21-10-14-26(15-11-21)40-27-16-12-23(13-17-27)32-31(34(39)36-6)29-20-28(22(2)18-30(29)41-32)24-8-7-9-25(19-24)33(38)37-35(3,4)5/h7-20H,1-6H3,(H,36,39)(H,37,38). The quantitative estimate of drug-likeness (QED) is 0.226. The SMILES string of the molecule is CNC(=O)c1c(-c2ccc(Oc3ccc(C)cc3)cc2)oc2cc(C)c(-c3cccc(C(=O)NC(C)(C)C)c3)cc12. The Balaban J connectivity index is 1.54. The van der Waals surface area contributed by atoms with E-state index in [9.17, 15) is 9.59 Å². The zero-order valence-electron chi connectivity index (χ0n) is 24.2. The second-order valence-corrected chi connectivity index (χ2v) is 11.3. The summed E-state index contributed by atoms with van der Waals surface area (Å²) in [6, 6.07) is 26.8. The first-order valence-electron chi connectivity index (χ1n) is 13.6. The van der Waals surface area contributed by atoms with Crippen LogP contribution in [0.1, 0.15) is 52.6 Å². The normalized spacial score (nSPS) is 11.4. The lowest BCUT2D eigenvalue weighted by molar-refractivity contribution is 0.0918. The second kappa shape index (κ2) is 11.0. The smallest absolute Gasteiger partial charge is 0.255 e. The molecule has 41 heavy (non-hydrogen) atoms. The second-order valence-electron chi connectivity index (χ2n) is 11.3. The number of carbonyl (C=O) groups excluding carboxylic acids is 2. The van der Waals surface area contributed by atoms with E-state index in [1.807, 2.05) is 113 Å². The van der Waals surface area contributed by atoms with E-state index >= 15 is 0 Å². The van der Waals surface area contributed by atoms with Crippen LogP contribution in [0.25, 0.3) is 33.4 Å². The molecule has 1 heterocycles. The van der Waals surface area contributed by atoms with Crippen molar-refractivity contribution in [3.05, 3.63) is 107 Å². The van der Waals surface area contributed by atoms with Crippen molar-refractivity contribution in [2.45, 2.75) is 40.2 Å². The highest BCUT2D eigenvalue weighted by atomic mass is 16.5. The van der Waals surface area contributed by atoms with Gasteiger partial charge >= 0.3 is 0 Å². The molecular weight excluding hydrogens is 512 g/mol. The summed E-state index contributed by atoms with van der Waals surface area (Å²) in [4.78, 5) is 26.0. The predicted molar refractivity (Wildman–Crippen MR) is 164 cm³/mol. The van der Waals surface area contributed by atoms with Gasteiger partial charge in [0.25, 0.3) is 11.8 Å². The van der Waals surface area contributed by atoms with Gasteiger partial charge in [-0.15, -0.1) is 0 Å². The molecule has 2 N–H and O–H groups in total. The van der Waals surface area contributed by atoms with Gasteiger partial charge in [0, 0.05) is 29.1 Å². The van der Waals surface area contributed by atoms with E-state index in [0.717, 1.165) is 33.6 Å². The number of hydrogen-bond donors (Lipinski definition) is 2. The molecule has 6 heteroatoms. The van der Waals surface area contributed by atoms with Crippen LogP contribution in [-0.4, -0.2) is 24.4 Å². The molecule has 0 atom stereocenters. The maximum atomic E-state index is 13.2. The van der Waals surface area contributed by atoms with E-state index in [1.54, 1.807) is 13.1 Å². The summed E-state index contributed by atoms with van der Waals surface area (Å²) in [6.45, 7) is 9.89. The minimum atomic E-state index is -0.345. The van der Waals surface area contributed by atoms with Gasteiger partial charge in [0.2, 0.25) is 0 Å². The number of carbonyl (C=O) groups is 2. The lowest BCUT2D eigenvalue weighted by atomic mass is 9.95. The highest BCUT2D eigenvalue weighted by Gasteiger charge is 2.23. The number of nitrogens with one attached hydrogen (secondary N) is 2. The number of ether oxygens (including phenoxy) is 1. The van der Waals surface area contributed by atoms with E-state index in [4.69, 9.17) is 9.15 Å². The third-order valence-electron chi connectivity index (χ3n) is 6.79. The molecule has 0 saturated carbocycles. The molecule has 0 unspecified atom stereocenters. The monoisotopic (exact) mass is 546 g/mol. The van der Waals surface area contributed by atoms with E-state index in [0.29, 0.717) is 33.6 Å². The largest absolute Gasteiger partial charge is 0.457 e. The van der Waals surface area contributed by atoms with E-state index in [1.165, 1.54) is 0 Å². The van der Waals surface area contributed by atoms with Gasteiger partial charge in [-0.3, -0.25) is 9.59 Å². The fourth-order valence-electron chi connectivity index (χ4n) is 4.77. The number of rotatable bonds is 6. The van der Waals surface area contributed by atoms with Gasteiger partial charge in [0.1, 0.15) is 22.8 Å². The van der Waals surface area contributed by atoms with Gasteiger partial charge in [-0.25, -0.2) is 0 Å². The molecule has 0 saturated heterocycles. The molecule has 6 nitrogen and oxygen atoms in total. The summed E-state index contributed by atoms with van der Waals surface area (Å²) >= 11 is 0. The lowest BCUT2D eigenvalue weighted by Crippen LogP contribution is -2.40. The number of furan rings is 1. The summed E-state index contributed by atoms with van der Waals surface area (Å²) in [7, 11) is 1.61. The molecule has 2 amide bonds. The minimum Gasteiger partial charge on any atom is -0.457 e. The zero-order valence-corrected chi connectivity index (χ0v) is 24.2. The van der Waals surface area contributed by atoms with Crippen LogP contribution in [0.15, 0.2) is 89.3 Å². The molecule has 0 fully saturated rings. The third-order valence-corrected chi connectivity index (χ3v) is 6.79. The maximum Gasteiger partial charge on any atom is 0.255 e. The molecule has 5 aromatic rings. The number of fused-ring (bicyclic) bond motifs is 1. The van der Waals surface area contributed by atoms with Crippen LogP contribution in [0.5, 0.6) is 11.5 Å². The van der Waals surface area contributed by atoms with Crippen LogP contribution >= 0.6 is 0 Å². The summed E-state index contributed by atoms with van der Waals surface area (Å²) in [6.07, 6.45) is 0. The Morgan fingerprint density at radius 1 is 0.780 bits per heavy atom. The van der Waals surface area contributed by atoms with Crippen molar-refractivity contribution in [1.82, 2.24) is 10.6 Å². The van der Waals surface area contributed by atoms with Crippen molar-refractivity contribution < 1.29 is 18.7 Å². The zero-order chi connectivity index (χ0) is 29.3. The number of amides is 2. The summed E-state index contributed by atoms with van der Waals surface area (Å²) in [5.74, 6) is 1.54. The van der Waals surface area contributed by atoms with Crippen LogP contribution in [0.2, 0.25) is 0 Å². The molecule has 0 aliphatic rings. The molecule has 1 aromatic heterocycles. The fraction of sp³-hybridized carbons (Fsp3) is 0.200. The molecule has 0 radical (unpaired) electrons. The van der Waals surface area contributed by atoms with Crippen molar-refractivity contribution in [3.8, 4) is 33.9 Å². The predicted octanol–water partition coefficient (Wildman–Crippen LogP) is 8.06. The molecular formula is C35H34N2O4. The molecule has 5 rings (SSSR count). The Kier molecular flexibility index (Phi) is 7.41. The Labute approximate surface area is 240 Å². The Hall–Kier alpha value is -4.84. The number of benzene rings is 4. The minimum absolute atomic E-state index is 0.135. The summed E-state index contributed by atoms with van der Waals surface area (Å²) in [5, 5.41) is 6.48. The molecule has 0 aliphatic carbocycles. The first-order valence-corrected chi connectivity index (χ1v) is 13.6. The first kappa shape index (κ1) is 27.7. The highest BCUT2D eigenvalue weighted by Crippen LogP contribution is 2.38. The maximum absolute atomic E-state index is 13.2. The molecule has 208 valence electrons. The van der Waals surface area contributed by atoms with Crippen molar-refractivity contribution in [2.75, 3.05) is 7.05 Å². The average Bonchev–Trinajstić information content (AvgIpc) is 3.31. The van der Waals surface area contributed by atoms with E-state index in [2.05, 4.69) is 10.6 Å². The van der Waals surface area contributed by atoms with Gasteiger partial charge in [0.05, 0.1) is 5.56 Å². The molecule has 0 bridgehead atoms. The lowest BCUT2D eigenvalue weighted by Gasteiger charge is -2.20. The molecule has 0 aliphatic heterocycles. The van der Waals surface area contributed by atoms with Crippen LogP contribution in [-0.2, 0) is 0 Å². The fourth-order valence-corrected chi connectivity index (χ4v) is 4.77. The van der Waals surface area contributed by atoms with Crippen LogP contribution in [0.3, 0.4) is 0 Å². The van der Waals surface area contributed by atoms with Gasteiger partial charge in [-0.05, 0) is 112 Å². The van der Waals surface area contributed by atoms with Gasteiger partial charge in [-0.2, -0.15) is 0 Å². The summed E-state index contributed by atoms with van der Waals surface area (Å²) < 4.78 is 12.3.